The fourth-order valence-electron chi connectivity index (χ4n) is 3.45. The highest BCUT2D eigenvalue weighted by Gasteiger charge is 2.25. The zero-order valence-electron chi connectivity index (χ0n) is 16.5. The molecule has 0 unspecified atom stereocenters. The van der Waals surface area contributed by atoms with Gasteiger partial charge >= 0.3 is 0 Å². The molecule has 1 aliphatic rings. The monoisotopic (exact) mass is 424 g/mol. The van der Waals surface area contributed by atoms with E-state index in [9.17, 15) is 9.59 Å². The molecule has 1 fully saturated rings. The Morgan fingerprint density at radius 2 is 2.10 bits per heavy atom. The summed E-state index contributed by atoms with van der Waals surface area (Å²) in [5.41, 5.74) is 2.59. The van der Waals surface area contributed by atoms with Crippen LogP contribution in [-0.4, -0.2) is 35.2 Å². The first-order valence-electron chi connectivity index (χ1n) is 9.61. The number of aromatic nitrogens is 2. The number of methoxy groups -OCH3 is 1. The first-order chi connectivity index (χ1) is 14.5. The van der Waals surface area contributed by atoms with Crippen LogP contribution in [-0.2, 0) is 11.3 Å². The molecule has 1 N–H and O–H groups in total. The first kappa shape index (κ1) is 20.0. The molecule has 0 atom stereocenters. The number of anilines is 2. The Hall–Kier alpha value is -3.32. The Morgan fingerprint density at radius 1 is 1.27 bits per heavy atom. The topological polar surface area (TPSA) is 76.5 Å². The number of benzene rings is 2. The molecule has 2 aromatic carbocycles. The number of hydrogen-bond acceptors (Lipinski definition) is 4. The molecule has 30 heavy (non-hydrogen) atoms. The van der Waals surface area contributed by atoms with E-state index >= 15 is 0 Å². The second-order valence-corrected chi connectivity index (χ2v) is 7.41. The van der Waals surface area contributed by atoms with Crippen molar-refractivity contribution in [2.24, 2.45) is 0 Å². The van der Waals surface area contributed by atoms with E-state index in [1.807, 2.05) is 24.3 Å². The van der Waals surface area contributed by atoms with Crippen molar-refractivity contribution in [3.05, 3.63) is 71.0 Å². The number of amides is 2. The maximum atomic E-state index is 12.7. The van der Waals surface area contributed by atoms with E-state index in [1.165, 1.54) is 6.20 Å². The third-order valence-electron chi connectivity index (χ3n) is 4.99. The van der Waals surface area contributed by atoms with E-state index in [4.69, 9.17) is 16.3 Å². The molecule has 2 amide bonds. The summed E-state index contributed by atoms with van der Waals surface area (Å²) >= 11 is 6.20. The van der Waals surface area contributed by atoms with Crippen LogP contribution in [0.3, 0.4) is 0 Å². The molecule has 3 aromatic rings. The Bertz CT molecular complexity index is 1100. The fraction of sp³-hybridized carbons (Fsp3) is 0.227. The first-order valence-corrected chi connectivity index (χ1v) is 9.98. The minimum atomic E-state index is -0.288. The van der Waals surface area contributed by atoms with Crippen LogP contribution < -0.4 is 15.0 Å². The lowest BCUT2D eigenvalue weighted by Gasteiger charge is -2.20. The molecule has 2 heterocycles. The molecule has 0 radical (unpaired) electrons. The van der Waals surface area contributed by atoms with Gasteiger partial charge < -0.3 is 15.0 Å². The maximum Gasteiger partial charge on any atom is 0.258 e. The fourth-order valence-corrected chi connectivity index (χ4v) is 3.65. The van der Waals surface area contributed by atoms with E-state index in [0.717, 1.165) is 12.0 Å². The lowest BCUT2D eigenvalue weighted by Crippen LogP contribution is -2.24. The molecule has 4 rings (SSSR count). The Balaban J connectivity index is 1.50. The van der Waals surface area contributed by atoms with Crippen LogP contribution in [0.25, 0.3) is 0 Å². The molecule has 0 bridgehead atoms. The van der Waals surface area contributed by atoms with E-state index < -0.39 is 0 Å². The van der Waals surface area contributed by atoms with Crippen molar-refractivity contribution in [1.29, 1.82) is 0 Å². The Labute approximate surface area is 179 Å². The highest BCUT2D eigenvalue weighted by Crippen LogP contribution is 2.34. The van der Waals surface area contributed by atoms with Gasteiger partial charge in [0.25, 0.3) is 5.91 Å². The number of hydrogen-bond donors (Lipinski definition) is 1. The highest BCUT2D eigenvalue weighted by molar-refractivity contribution is 6.31. The van der Waals surface area contributed by atoms with Crippen molar-refractivity contribution >= 4 is 34.8 Å². The quantitative estimate of drug-likeness (QED) is 0.649. The molecular weight excluding hydrogens is 404 g/mol. The van der Waals surface area contributed by atoms with Gasteiger partial charge in [0, 0.05) is 29.9 Å². The normalized spacial score (nSPS) is 13.5. The lowest BCUT2D eigenvalue weighted by atomic mass is 10.2. The van der Waals surface area contributed by atoms with Gasteiger partial charge in [0.15, 0.2) is 0 Å². The van der Waals surface area contributed by atoms with Crippen molar-refractivity contribution in [1.82, 2.24) is 9.78 Å². The van der Waals surface area contributed by atoms with Crippen molar-refractivity contribution in [2.75, 3.05) is 23.9 Å². The van der Waals surface area contributed by atoms with Crippen LogP contribution in [0.5, 0.6) is 5.75 Å². The van der Waals surface area contributed by atoms with Gasteiger partial charge in [0.2, 0.25) is 5.91 Å². The lowest BCUT2D eigenvalue weighted by molar-refractivity contribution is -0.117. The smallest absolute Gasteiger partial charge is 0.258 e. The van der Waals surface area contributed by atoms with E-state index in [1.54, 1.807) is 41.1 Å². The van der Waals surface area contributed by atoms with Crippen molar-refractivity contribution in [3.63, 3.8) is 0 Å². The zero-order chi connectivity index (χ0) is 21.1. The molecule has 1 aromatic heterocycles. The minimum absolute atomic E-state index is 0.0534. The summed E-state index contributed by atoms with van der Waals surface area (Å²) in [4.78, 5) is 26.5. The van der Waals surface area contributed by atoms with Crippen LogP contribution in [0.4, 0.5) is 11.4 Å². The number of nitrogens with zero attached hydrogens (tertiary/aromatic N) is 3. The number of ether oxygens (including phenoxy) is 1. The third-order valence-corrected chi connectivity index (χ3v) is 5.36. The van der Waals surface area contributed by atoms with E-state index in [0.29, 0.717) is 47.2 Å². The zero-order valence-corrected chi connectivity index (χ0v) is 17.2. The van der Waals surface area contributed by atoms with Gasteiger partial charge in [-0.3, -0.25) is 14.3 Å². The summed E-state index contributed by atoms with van der Waals surface area (Å²) in [6, 6.07) is 12.8. The van der Waals surface area contributed by atoms with Crippen LogP contribution in [0.2, 0.25) is 5.02 Å². The Kier molecular flexibility index (Phi) is 5.72. The summed E-state index contributed by atoms with van der Waals surface area (Å²) in [6.07, 6.45) is 4.52. The minimum Gasteiger partial charge on any atom is -0.495 e. The van der Waals surface area contributed by atoms with Gasteiger partial charge in [-0.15, -0.1) is 0 Å². The highest BCUT2D eigenvalue weighted by atomic mass is 35.5. The summed E-state index contributed by atoms with van der Waals surface area (Å²) in [6.45, 7) is 1.11. The van der Waals surface area contributed by atoms with Gasteiger partial charge in [-0.05, 0) is 36.2 Å². The molecule has 1 aliphatic heterocycles. The van der Waals surface area contributed by atoms with Crippen molar-refractivity contribution < 1.29 is 14.3 Å². The van der Waals surface area contributed by atoms with E-state index in [2.05, 4.69) is 10.4 Å². The molecule has 7 nitrogen and oxygen atoms in total. The van der Waals surface area contributed by atoms with Crippen molar-refractivity contribution in [3.8, 4) is 5.75 Å². The molecule has 0 saturated carbocycles. The van der Waals surface area contributed by atoms with Crippen LogP contribution in [0, 0.1) is 0 Å². The molecular formula is C22H21ClN4O3. The molecule has 1 saturated heterocycles. The number of rotatable bonds is 6. The Morgan fingerprint density at radius 3 is 2.83 bits per heavy atom. The maximum absolute atomic E-state index is 12.7. The van der Waals surface area contributed by atoms with Crippen LogP contribution in [0.1, 0.15) is 28.8 Å². The summed E-state index contributed by atoms with van der Waals surface area (Å²) in [5.74, 6) is 0.359. The molecule has 154 valence electrons. The van der Waals surface area contributed by atoms with Crippen LogP contribution in [0.15, 0.2) is 54.9 Å². The summed E-state index contributed by atoms with van der Waals surface area (Å²) < 4.78 is 7.05. The number of carbonyl (C=O) groups excluding carboxylic acids is 2. The van der Waals surface area contributed by atoms with Gasteiger partial charge in [-0.2, -0.15) is 5.10 Å². The third kappa shape index (κ3) is 4.16. The number of carbonyl (C=O) groups is 2. The molecule has 8 heteroatoms. The largest absolute Gasteiger partial charge is 0.495 e. The van der Waals surface area contributed by atoms with Crippen molar-refractivity contribution in [2.45, 2.75) is 19.4 Å². The van der Waals surface area contributed by atoms with Gasteiger partial charge in [-0.25, -0.2) is 0 Å². The summed E-state index contributed by atoms with van der Waals surface area (Å²) in [7, 11) is 1.56. The van der Waals surface area contributed by atoms with Crippen LogP contribution >= 0.6 is 11.6 Å². The standard InChI is InChI=1S/C22H21ClN4O3/c1-30-20-9-8-17(11-19(20)27-10-4-7-21(27)28)25-22(29)16-12-24-26(14-16)13-15-5-2-3-6-18(15)23/h2-3,5-6,8-9,11-12,14H,4,7,10,13H2,1H3,(H,25,29). The number of halogens is 1. The molecule has 0 aliphatic carbocycles. The average Bonchev–Trinajstić information content (AvgIpc) is 3.39. The second-order valence-electron chi connectivity index (χ2n) is 7.01. The predicted molar refractivity (Wildman–Crippen MR) is 115 cm³/mol. The van der Waals surface area contributed by atoms with Gasteiger partial charge in [-0.1, -0.05) is 29.8 Å². The number of nitrogens with one attached hydrogen (secondary N) is 1. The SMILES string of the molecule is COc1ccc(NC(=O)c2cnn(Cc3ccccc3Cl)c2)cc1N1CCCC1=O. The predicted octanol–water partition coefficient (Wildman–Crippen LogP) is 3.97. The average molecular weight is 425 g/mol. The van der Waals surface area contributed by atoms with Gasteiger partial charge in [0.1, 0.15) is 5.75 Å². The molecule has 0 spiro atoms. The van der Waals surface area contributed by atoms with Gasteiger partial charge in [0.05, 0.1) is 31.1 Å². The van der Waals surface area contributed by atoms with E-state index in [-0.39, 0.29) is 11.8 Å². The second kappa shape index (κ2) is 8.59. The summed E-state index contributed by atoms with van der Waals surface area (Å²) in [5, 5.41) is 7.78.